The summed E-state index contributed by atoms with van der Waals surface area (Å²) >= 11 is 12.2. The first-order valence-corrected chi connectivity index (χ1v) is 26.5. The van der Waals surface area contributed by atoms with Crippen molar-refractivity contribution in [2.45, 2.75) is 93.4 Å². The van der Waals surface area contributed by atoms with Crippen molar-refractivity contribution < 1.29 is 0 Å². The summed E-state index contributed by atoms with van der Waals surface area (Å²) < 4.78 is 0. The summed E-state index contributed by atoms with van der Waals surface area (Å²) in [4.78, 5) is 15.2. The van der Waals surface area contributed by atoms with E-state index in [1.807, 2.05) is 0 Å². The second-order valence-corrected chi connectivity index (χ2v) is 21.7. The van der Waals surface area contributed by atoms with Crippen molar-refractivity contribution in [1.29, 1.82) is 0 Å². The van der Waals surface area contributed by atoms with Gasteiger partial charge in [0.1, 0.15) is 0 Å². The van der Waals surface area contributed by atoms with Crippen LogP contribution in [0.1, 0.15) is 145 Å². The largest absolute Gasteiger partial charge is 0.148 e. The Morgan fingerprint density at radius 1 is 0.311 bits per heavy atom. The van der Waals surface area contributed by atoms with E-state index in [9.17, 15) is 0 Å². The molecule has 7 heteroatoms. The van der Waals surface area contributed by atoms with E-state index in [4.69, 9.17) is 0 Å². The Hall–Kier alpha value is -4.74. The molecule has 7 aromatic heterocycles. The SMILES string of the molecule is CCc1cc(C#Cc2sc(CC)cc2C#Cc2sc(CC)cc2C#Cc2sc(CC)cc2C#Cc2sc(CC)cc2C#Cc2sc(CC)cc2C#Cc2ccc(CC)s2)cs1. The smallest absolute Gasteiger partial charge is 0.0931 e. The molecule has 7 aromatic rings. The van der Waals surface area contributed by atoms with Crippen molar-refractivity contribution in [2.24, 2.45) is 0 Å². The third-order valence-corrected chi connectivity index (χ3v) is 17.8. The van der Waals surface area contributed by atoms with Gasteiger partial charge in [0.25, 0.3) is 0 Å². The summed E-state index contributed by atoms with van der Waals surface area (Å²) in [6, 6.07) is 17.5. The Morgan fingerprint density at radius 2 is 0.639 bits per heavy atom. The fraction of sp³-hybridized carbons (Fsp3) is 0.259. The molecule has 0 amide bonds. The molecule has 302 valence electrons. The standard InChI is InChI=1S/C54H44S7/c1-8-42-22-23-49(56-42)21-16-37-30-44(10-3)58-51(37)25-18-39-32-46(12-5)60-53(39)27-20-41-34-48(14-7)61-54(41)28-19-40-33-47(13-6)59-52(40)26-17-38-31-45(11-4)57-50(38)24-15-36-29-43(9-2)55-35-36/h22-23,29-35H,8-14H2,1-7H3. The summed E-state index contributed by atoms with van der Waals surface area (Å²) in [5.74, 6) is 41.8. The van der Waals surface area contributed by atoms with E-state index in [1.165, 1.54) is 34.1 Å². The molecule has 7 heterocycles. The van der Waals surface area contributed by atoms with Crippen LogP contribution in [0.4, 0.5) is 0 Å². The number of thiophene rings is 7. The monoisotopic (exact) mass is 916 g/mol. The third kappa shape index (κ3) is 11.4. The number of rotatable bonds is 7. The van der Waals surface area contributed by atoms with Crippen LogP contribution in [0.5, 0.6) is 0 Å². The van der Waals surface area contributed by atoms with Crippen molar-refractivity contribution in [2.75, 3.05) is 0 Å². The minimum absolute atomic E-state index is 0.932. The number of aryl methyl sites for hydroxylation is 7. The third-order valence-electron chi connectivity index (χ3n) is 9.55. The van der Waals surface area contributed by atoms with Gasteiger partial charge in [0.2, 0.25) is 0 Å². The number of hydrogen-bond donors (Lipinski definition) is 0. The molecule has 0 aliphatic rings. The zero-order valence-electron chi connectivity index (χ0n) is 35.5. The van der Waals surface area contributed by atoms with Gasteiger partial charge in [-0.05, 0) is 123 Å². The van der Waals surface area contributed by atoms with Crippen molar-refractivity contribution in [1.82, 2.24) is 0 Å². The first-order chi connectivity index (χ1) is 29.8. The van der Waals surface area contributed by atoms with E-state index in [-0.39, 0.29) is 0 Å². The molecule has 0 aliphatic carbocycles. The number of hydrogen-bond acceptors (Lipinski definition) is 7. The van der Waals surface area contributed by atoms with E-state index in [0.717, 1.165) is 108 Å². The highest BCUT2D eigenvalue weighted by atomic mass is 32.1. The molecule has 61 heavy (non-hydrogen) atoms. The van der Waals surface area contributed by atoms with Crippen LogP contribution in [0, 0.1) is 71.0 Å². The van der Waals surface area contributed by atoms with Gasteiger partial charge in [0, 0.05) is 45.1 Å². The van der Waals surface area contributed by atoms with Crippen LogP contribution in [0.15, 0.2) is 53.9 Å². The summed E-state index contributed by atoms with van der Waals surface area (Å²) in [5.41, 5.74) is 5.98. The highest BCUT2D eigenvalue weighted by molar-refractivity contribution is 7.14. The van der Waals surface area contributed by atoms with Gasteiger partial charge in [-0.3, -0.25) is 0 Å². The maximum Gasteiger partial charge on any atom is 0.0931 e. The van der Waals surface area contributed by atoms with Crippen LogP contribution in [0.25, 0.3) is 0 Å². The zero-order chi connectivity index (χ0) is 42.7. The summed E-state index contributed by atoms with van der Waals surface area (Å²) in [7, 11) is 0. The van der Waals surface area contributed by atoms with Gasteiger partial charge in [-0.25, -0.2) is 0 Å². The fourth-order valence-corrected chi connectivity index (χ4v) is 12.1. The van der Waals surface area contributed by atoms with E-state index < -0.39 is 0 Å². The predicted molar refractivity (Wildman–Crippen MR) is 272 cm³/mol. The van der Waals surface area contributed by atoms with Gasteiger partial charge in [-0.1, -0.05) is 89.9 Å². The molecule has 0 aromatic carbocycles. The van der Waals surface area contributed by atoms with Gasteiger partial charge < -0.3 is 0 Å². The van der Waals surface area contributed by atoms with E-state index in [1.54, 1.807) is 79.4 Å². The lowest BCUT2D eigenvalue weighted by Crippen LogP contribution is -1.80. The normalized spacial score (nSPS) is 10.2. The van der Waals surface area contributed by atoms with Gasteiger partial charge in [0.05, 0.1) is 57.1 Å². The Kier molecular flexibility index (Phi) is 15.5. The molecular formula is C54H44S7. The summed E-state index contributed by atoms with van der Waals surface area (Å²) in [6.45, 7) is 15.3. The van der Waals surface area contributed by atoms with E-state index in [0.29, 0.717) is 0 Å². The van der Waals surface area contributed by atoms with Gasteiger partial charge in [-0.15, -0.1) is 79.4 Å². The average Bonchev–Trinajstić information content (AvgIpc) is 4.15. The molecule has 0 spiro atoms. The quantitative estimate of drug-likeness (QED) is 0.140. The maximum atomic E-state index is 3.54. The lowest BCUT2D eigenvalue weighted by molar-refractivity contribution is 1.19. The molecule has 0 fully saturated rings. The van der Waals surface area contributed by atoms with Crippen LogP contribution in [-0.4, -0.2) is 0 Å². The van der Waals surface area contributed by atoms with Crippen LogP contribution in [0.2, 0.25) is 0 Å². The highest BCUT2D eigenvalue weighted by Gasteiger charge is 2.11. The van der Waals surface area contributed by atoms with Gasteiger partial charge in [0.15, 0.2) is 0 Å². The van der Waals surface area contributed by atoms with Crippen LogP contribution >= 0.6 is 79.4 Å². The van der Waals surface area contributed by atoms with E-state index >= 15 is 0 Å². The minimum Gasteiger partial charge on any atom is -0.148 e. The molecule has 0 N–H and O–H groups in total. The lowest BCUT2D eigenvalue weighted by Gasteiger charge is -1.89. The van der Waals surface area contributed by atoms with Crippen LogP contribution in [-0.2, 0) is 44.9 Å². The molecule has 0 unspecified atom stereocenters. The topological polar surface area (TPSA) is 0 Å². The summed E-state index contributed by atoms with van der Waals surface area (Å²) in [5, 5.41) is 2.15. The molecular weight excluding hydrogens is 873 g/mol. The molecule has 7 rings (SSSR count). The molecule has 0 saturated carbocycles. The molecule has 0 radical (unpaired) electrons. The highest BCUT2D eigenvalue weighted by Crippen LogP contribution is 2.28. The maximum absolute atomic E-state index is 3.54. The average molecular weight is 917 g/mol. The van der Waals surface area contributed by atoms with E-state index in [2.05, 4.69) is 173 Å². The van der Waals surface area contributed by atoms with Crippen molar-refractivity contribution in [3.05, 3.63) is 151 Å². The Balaban J connectivity index is 1.18. The Bertz CT molecular complexity index is 2870. The zero-order valence-corrected chi connectivity index (χ0v) is 41.2. The fourth-order valence-electron chi connectivity index (χ4n) is 6.03. The Morgan fingerprint density at radius 3 is 0.951 bits per heavy atom. The second-order valence-electron chi connectivity index (χ2n) is 13.8. The molecule has 0 saturated heterocycles. The van der Waals surface area contributed by atoms with Crippen molar-refractivity contribution >= 4 is 79.4 Å². The minimum atomic E-state index is 0.932. The van der Waals surface area contributed by atoms with Crippen LogP contribution < -0.4 is 0 Å². The first-order valence-electron chi connectivity index (χ1n) is 20.7. The van der Waals surface area contributed by atoms with Gasteiger partial charge in [-0.2, -0.15) is 0 Å². The predicted octanol–water partition coefficient (Wildman–Crippen LogP) is 14.5. The molecule has 0 nitrogen and oxygen atoms in total. The van der Waals surface area contributed by atoms with Crippen molar-refractivity contribution in [3.8, 4) is 71.0 Å². The lowest BCUT2D eigenvalue weighted by atomic mass is 10.1. The van der Waals surface area contributed by atoms with Gasteiger partial charge >= 0.3 is 0 Å². The second kappa shape index (κ2) is 21.4. The Labute approximate surface area is 391 Å². The first kappa shape index (κ1) is 44.3. The molecule has 0 aliphatic heterocycles. The van der Waals surface area contributed by atoms with Crippen LogP contribution in [0.3, 0.4) is 0 Å². The molecule has 0 bridgehead atoms. The molecule has 0 atom stereocenters. The van der Waals surface area contributed by atoms with Crippen molar-refractivity contribution in [3.63, 3.8) is 0 Å². The summed E-state index contributed by atoms with van der Waals surface area (Å²) in [6.07, 6.45) is 6.80.